The standard InChI is InChI=1S/C21H23FN2O2/c1-15-6-3-4-7-18(15)21(26)24-11-5-10-23(12-13-24)20(25)17-8-9-19(22)16(2)14-17/h3-4,6-9,14H,5,10-13H2,1-2H3. The van der Waals surface area contributed by atoms with Crippen LogP contribution in [0.25, 0.3) is 0 Å². The zero-order chi connectivity index (χ0) is 18.7. The Morgan fingerprint density at radius 1 is 0.846 bits per heavy atom. The number of amides is 2. The summed E-state index contributed by atoms with van der Waals surface area (Å²) >= 11 is 0. The van der Waals surface area contributed by atoms with E-state index in [-0.39, 0.29) is 17.6 Å². The lowest BCUT2D eigenvalue weighted by atomic mass is 10.1. The average Bonchev–Trinajstić information content (AvgIpc) is 2.89. The van der Waals surface area contributed by atoms with Gasteiger partial charge in [0.15, 0.2) is 0 Å². The second kappa shape index (κ2) is 7.68. The van der Waals surface area contributed by atoms with E-state index in [1.807, 2.05) is 36.1 Å². The first-order chi connectivity index (χ1) is 12.5. The van der Waals surface area contributed by atoms with Crippen LogP contribution >= 0.6 is 0 Å². The van der Waals surface area contributed by atoms with E-state index < -0.39 is 0 Å². The van der Waals surface area contributed by atoms with Crippen molar-refractivity contribution in [2.75, 3.05) is 26.2 Å². The zero-order valence-corrected chi connectivity index (χ0v) is 15.2. The summed E-state index contributed by atoms with van der Waals surface area (Å²) in [5, 5.41) is 0. The van der Waals surface area contributed by atoms with Gasteiger partial charge in [0.2, 0.25) is 0 Å². The van der Waals surface area contributed by atoms with Crippen molar-refractivity contribution in [1.29, 1.82) is 0 Å². The number of nitrogens with zero attached hydrogens (tertiary/aromatic N) is 2. The van der Waals surface area contributed by atoms with Crippen molar-refractivity contribution in [1.82, 2.24) is 9.80 Å². The molecule has 136 valence electrons. The maximum absolute atomic E-state index is 13.4. The molecule has 0 unspecified atom stereocenters. The van der Waals surface area contributed by atoms with Gasteiger partial charge in [-0.3, -0.25) is 9.59 Å². The van der Waals surface area contributed by atoms with Crippen LogP contribution in [0.2, 0.25) is 0 Å². The van der Waals surface area contributed by atoms with Gasteiger partial charge in [-0.25, -0.2) is 4.39 Å². The van der Waals surface area contributed by atoms with Gasteiger partial charge in [0, 0.05) is 37.3 Å². The third kappa shape index (κ3) is 3.77. The second-order valence-corrected chi connectivity index (χ2v) is 6.72. The first kappa shape index (κ1) is 18.1. The van der Waals surface area contributed by atoms with Crippen LogP contribution in [0.5, 0.6) is 0 Å². The van der Waals surface area contributed by atoms with E-state index in [9.17, 15) is 14.0 Å². The lowest BCUT2D eigenvalue weighted by Crippen LogP contribution is -2.37. The van der Waals surface area contributed by atoms with E-state index in [2.05, 4.69) is 0 Å². The summed E-state index contributed by atoms with van der Waals surface area (Å²) in [7, 11) is 0. The number of hydrogen-bond acceptors (Lipinski definition) is 2. The molecule has 0 radical (unpaired) electrons. The molecular weight excluding hydrogens is 331 g/mol. The Bertz CT molecular complexity index is 835. The molecule has 1 aliphatic rings. The molecule has 26 heavy (non-hydrogen) atoms. The molecule has 3 rings (SSSR count). The van der Waals surface area contributed by atoms with Crippen molar-refractivity contribution in [2.24, 2.45) is 0 Å². The van der Waals surface area contributed by atoms with E-state index in [4.69, 9.17) is 0 Å². The molecule has 4 nitrogen and oxygen atoms in total. The number of halogens is 1. The van der Waals surface area contributed by atoms with Crippen LogP contribution in [0, 0.1) is 19.7 Å². The molecule has 1 heterocycles. The van der Waals surface area contributed by atoms with Crippen LogP contribution in [-0.4, -0.2) is 47.8 Å². The molecule has 0 bridgehead atoms. The van der Waals surface area contributed by atoms with Gasteiger partial charge in [-0.1, -0.05) is 18.2 Å². The Morgan fingerprint density at radius 2 is 1.50 bits per heavy atom. The Labute approximate surface area is 153 Å². The topological polar surface area (TPSA) is 40.6 Å². The summed E-state index contributed by atoms with van der Waals surface area (Å²) in [4.78, 5) is 29.1. The maximum atomic E-state index is 13.4. The summed E-state index contributed by atoms with van der Waals surface area (Å²) in [6.07, 6.45) is 0.726. The summed E-state index contributed by atoms with van der Waals surface area (Å²) < 4.78 is 13.4. The van der Waals surface area contributed by atoms with Crippen LogP contribution in [0.15, 0.2) is 42.5 Å². The van der Waals surface area contributed by atoms with Crippen LogP contribution in [0.3, 0.4) is 0 Å². The quantitative estimate of drug-likeness (QED) is 0.829. The number of carbonyl (C=O) groups excluding carboxylic acids is 2. The van der Waals surface area contributed by atoms with Gasteiger partial charge in [0.05, 0.1) is 0 Å². The smallest absolute Gasteiger partial charge is 0.254 e. The minimum absolute atomic E-state index is 0.00928. The highest BCUT2D eigenvalue weighted by Gasteiger charge is 2.24. The molecule has 0 atom stereocenters. The Kier molecular flexibility index (Phi) is 5.35. The number of hydrogen-bond donors (Lipinski definition) is 0. The highest BCUT2D eigenvalue weighted by molar-refractivity contribution is 5.96. The van der Waals surface area contributed by atoms with E-state index >= 15 is 0 Å². The van der Waals surface area contributed by atoms with Gasteiger partial charge < -0.3 is 9.80 Å². The van der Waals surface area contributed by atoms with Crippen molar-refractivity contribution >= 4 is 11.8 Å². The van der Waals surface area contributed by atoms with Gasteiger partial charge in [0.1, 0.15) is 5.82 Å². The van der Waals surface area contributed by atoms with Crippen molar-refractivity contribution in [2.45, 2.75) is 20.3 Å². The fourth-order valence-corrected chi connectivity index (χ4v) is 3.27. The second-order valence-electron chi connectivity index (χ2n) is 6.72. The molecular formula is C21H23FN2O2. The molecule has 0 aliphatic carbocycles. The Morgan fingerprint density at radius 3 is 2.15 bits per heavy atom. The fourth-order valence-electron chi connectivity index (χ4n) is 3.27. The van der Waals surface area contributed by atoms with Gasteiger partial charge in [-0.2, -0.15) is 0 Å². The van der Waals surface area contributed by atoms with Crippen LogP contribution in [-0.2, 0) is 0 Å². The largest absolute Gasteiger partial charge is 0.337 e. The van der Waals surface area contributed by atoms with Crippen LogP contribution in [0.1, 0.15) is 38.3 Å². The predicted molar refractivity (Wildman–Crippen MR) is 98.7 cm³/mol. The average molecular weight is 354 g/mol. The number of benzene rings is 2. The Hall–Kier alpha value is -2.69. The van der Waals surface area contributed by atoms with Gasteiger partial charge >= 0.3 is 0 Å². The molecule has 5 heteroatoms. The molecule has 0 N–H and O–H groups in total. The third-order valence-electron chi connectivity index (χ3n) is 4.85. The van der Waals surface area contributed by atoms with E-state index in [1.54, 1.807) is 17.9 Å². The lowest BCUT2D eigenvalue weighted by Gasteiger charge is -2.23. The number of rotatable bonds is 2. The summed E-state index contributed by atoms with van der Waals surface area (Å²) in [5.74, 6) is -0.416. The molecule has 2 aromatic rings. The Balaban J connectivity index is 1.70. The summed E-state index contributed by atoms with van der Waals surface area (Å²) in [6, 6.07) is 12.0. The number of carbonyl (C=O) groups is 2. The highest BCUT2D eigenvalue weighted by atomic mass is 19.1. The SMILES string of the molecule is Cc1cc(C(=O)N2CCCN(C(=O)c3ccccc3C)CC2)ccc1F. The van der Waals surface area contributed by atoms with E-state index in [1.165, 1.54) is 12.1 Å². The van der Waals surface area contributed by atoms with Crippen LogP contribution in [0.4, 0.5) is 4.39 Å². The van der Waals surface area contributed by atoms with Gasteiger partial charge in [0.25, 0.3) is 11.8 Å². The molecule has 1 saturated heterocycles. The monoisotopic (exact) mass is 354 g/mol. The molecule has 0 aromatic heterocycles. The first-order valence-corrected chi connectivity index (χ1v) is 8.87. The zero-order valence-electron chi connectivity index (χ0n) is 15.2. The summed E-state index contributed by atoms with van der Waals surface area (Å²) in [5.41, 5.74) is 2.61. The highest BCUT2D eigenvalue weighted by Crippen LogP contribution is 2.16. The van der Waals surface area contributed by atoms with Gasteiger partial charge in [-0.05, 0) is 55.7 Å². The number of aryl methyl sites for hydroxylation is 2. The predicted octanol–water partition coefficient (Wildman–Crippen LogP) is 3.43. The first-order valence-electron chi connectivity index (χ1n) is 8.87. The fraction of sp³-hybridized carbons (Fsp3) is 0.333. The molecule has 1 aliphatic heterocycles. The molecule has 0 saturated carbocycles. The molecule has 2 aromatic carbocycles. The molecule has 1 fully saturated rings. The molecule has 0 spiro atoms. The van der Waals surface area contributed by atoms with Crippen molar-refractivity contribution < 1.29 is 14.0 Å². The van der Waals surface area contributed by atoms with Crippen molar-refractivity contribution in [3.8, 4) is 0 Å². The third-order valence-corrected chi connectivity index (χ3v) is 4.85. The van der Waals surface area contributed by atoms with Crippen molar-refractivity contribution in [3.63, 3.8) is 0 Å². The minimum atomic E-state index is -0.313. The van der Waals surface area contributed by atoms with Gasteiger partial charge in [-0.15, -0.1) is 0 Å². The lowest BCUT2D eigenvalue weighted by molar-refractivity contribution is 0.0718. The maximum Gasteiger partial charge on any atom is 0.254 e. The normalized spacial score (nSPS) is 14.9. The van der Waals surface area contributed by atoms with Crippen LogP contribution < -0.4 is 0 Å². The molecule has 2 amide bonds. The summed E-state index contributed by atoms with van der Waals surface area (Å²) in [6.45, 7) is 5.77. The van der Waals surface area contributed by atoms with E-state index in [0.717, 1.165) is 12.0 Å². The minimum Gasteiger partial charge on any atom is -0.337 e. The van der Waals surface area contributed by atoms with E-state index in [0.29, 0.717) is 42.9 Å². The van der Waals surface area contributed by atoms with Crippen molar-refractivity contribution in [3.05, 3.63) is 70.5 Å².